The highest BCUT2D eigenvalue weighted by atomic mass is 32.1. The third-order valence-corrected chi connectivity index (χ3v) is 5.42. The lowest BCUT2D eigenvalue weighted by Gasteiger charge is -2.09. The van der Waals surface area contributed by atoms with Crippen LogP contribution in [-0.4, -0.2) is 27.2 Å². The topological polar surface area (TPSA) is 62.7 Å². The molecule has 26 heavy (non-hydrogen) atoms. The quantitative estimate of drug-likeness (QED) is 0.476. The summed E-state index contributed by atoms with van der Waals surface area (Å²) < 4.78 is 2.19. The van der Waals surface area contributed by atoms with Crippen molar-refractivity contribution >= 4 is 29.5 Å². The van der Waals surface area contributed by atoms with E-state index in [1.807, 2.05) is 17.5 Å². The number of aromatic amines is 1. The monoisotopic (exact) mass is 386 g/mol. The number of thiophene rings is 1. The normalized spacial score (nSPS) is 10.8. The number of nitrogens with zero attached hydrogens (tertiary/aromatic N) is 2. The van der Waals surface area contributed by atoms with Gasteiger partial charge < -0.3 is 5.32 Å². The Balaban J connectivity index is 1.52. The predicted octanol–water partition coefficient (Wildman–Crippen LogP) is 4.04. The Morgan fingerprint density at radius 1 is 1.35 bits per heavy atom. The third kappa shape index (κ3) is 4.47. The number of hydrogen-bond acceptors (Lipinski definition) is 4. The average molecular weight is 387 g/mol. The molecule has 0 spiro atoms. The van der Waals surface area contributed by atoms with Crippen LogP contribution in [0.5, 0.6) is 0 Å². The summed E-state index contributed by atoms with van der Waals surface area (Å²) in [6, 6.07) is 10.4. The van der Waals surface area contributed by atoms with Crippen LogP contribution in [-0.2, 0) is 17.8 Å². The van der Waals surface area contributed by atoms with Crippen molar-refractivity contribution in [1.29, 1.82) is 0 Å². The van der Waals surface area contributed by atoms with Crippen molar-refractivity contribution in [2.24, 2.45) is 0 Å². The summed E-state index contributed by atoms with van der Waals surface area (Å²) >= 11 is 6.83. The number of hydrogen-bond donors (Lipinski definition) is 2. The first-order valence-electron chi connectivity index (χ1n) is 8.56. The molecule has 0 fully saturated rings. The van der Waals surface area contributed by atoms with Gasteiger partial charge in [-0.3, -0.25) is 14.5 Å². The van der Waals surface area contributed by atoms with Gasteiger partial charge in [-0.15, -0.1) is 11.3 Å². The van der Waals surface area contributed by atoms with Gasteiger partial charge >= 0.3 is 0 Å². The van der Waals surface area contributed by atoms with Gasteiger partial charge in [0.1, 0.15) is 6.54 Å². The van der Waals surface area contributed by atoms with Crippen molar-refractivity contribution in [2.75, 3.05) is 6.54 Å². The van der Waals surface area contributed by atoms with Crippen LogP contribution in [0, 0.1) is 18.6 Å². The SMILES string of the molecule is Cc1ccc(CCCNC(=O)Cn2c(-c3cccs3)n[nH]c2=S)c(C)c1. The maximum Gasteiger partial charge on any atom is 0.240 e. The lowest BCUT2D eigenvalue weighted by Crippen LogP contribution is -2.29. The molecule has 0 saturated carbocycles. The van der Waals surface area contributed by atoms with E-state index in [-0.39, 0.29) is 12.5 Å². The molecule has 0 unspecified atom stereocenters. The third-order valence-electron chi connectivity index (χ3n) is 4.24. The largest absolute Gasteiger partial charge is 0.355 e. The van der Waals surface area contributed by atoms with E-state index in [0.29, 0.717) is 17.1 Å². The van der Waals surface area contributed by atoms with Gasteiger partial charge in [-0.1, -0.05) is 29.8 Å². The number of rotatable bonds is 7. The highest BCUT2D eigenvalue weighted by molar-refractivity contribution is 7.71. The van der Waals surface area contributed by atoms with Crippen molar-refractivity contribution in [3.05, 3.63) is 57.2 Å². The molecule has 1 amide bonds. The molecule has 3 rings (SSSR count). The Kier molecular flexibility index (Phi) is 6.00. The molecule has 2 aromatic heterocycles. The molecule has 0 radical (unpaired) electrons. The van der Waals surface area contributed by atoms with E-state index in [4.69, 9.17) is 12.2 Å². The van der Waals surface area contributed by atoms with Crippen LogP contribution in [0.2, 0.25) is 0 Å². The van der Waals surface area contributed by atoms with Crippen molar-refractivity contribution in [1.82, 2.24) is 20.1 Å². The molecule has 0 aliphatic heterocycles. The number of aromatic nitrogens is 3. The lowest BCUT2D eigenvalue weighted by atomic mass is 10.0. The molecule has 7 heteroatoms. The van der Waals surface area contributed by atoms with Crippen molar-refractivity contribution < 1.29 is 4.79 Å². The molecule has 0 saturated heterocycles. The molecule has 2 N–H and O–H groups in total. The van der Waals surface area contributed by atoms with Crippen LogP contribution >= 0.6 is 23.6 Å². The Morgan fingerprint density at radius 3 is 2.92 bits per heavy atom. The molecular weight excluding hydrogens is 364 g/mol. The zero-order valence-corrected chi connectivity index (χ0v) is 16.5. The smallest absolute Gasteiger partial charge is 0.240 e. The van der Waals surface area contributed by atoms with Crippen LogP contribution in [0.15, 0.2) is 35.7 Å². The second kappa shape index (κ2) is 8.42. The van der Waals surface area contributed by atoms with Gasteiger partial charge in [0.05, 0.1) is 4.88 Å². The first-order valence-corrected chi connectivity index (χ1v) is 9.85. The molecule has 0 atom stereocenters. The number of nitrogens with one attached hydrogen (secondary N) is 2. The van der Waals surface area contributed by atoms with Crippen LogP contribution in [0.25, 0.3) is 10.7 Å². The average Bonchev–Trinajstić information content (AvgIpc) is 3.24. The summed E-state index contributed by atoms with van der Waals surface area (Å²) in [5.74, 6) is 0.649. The summed E-state index contributed by atoms with van der Waals surface area (Å²) in [7, 11) is 0. The standard InChI is InChI=1S/C19H22N4OS2/c1-13-7-8-15(14(2)11-13)5-3-9-20-17(24)12-23-18(21-22-19(23)25)16-6-4-10-26-16/h4,6-8,10-11H,3,5,9,12H2,1-2H3,(H,20,24)(H,22,25). The van der Waals surface area contributed by atoms with Gasteiger partial charge in [-0.25, -0.2) is 0 Å². The highest BCUT2D eigenvalue weighted by Crippen LogP contribution is 2.22. The van der Waals surface area contributed by atoms with Gasteiger partial charge in [0, 0.05) is 6.54 Å². The number of carbonyl (C=O) groups excluding carboxylic acids is 1. The second-order valence-corrected chi connectivity index (χ2v) is 7.63. The van der Waals surface area contributed by atoms with Crippen LogP contribution in [0.1, 0.15) is 23.1 Å². The Labute approximate surface area is 162 Å². The fourth-order valence-corrected chi connectivity index (χ4v) is 3.81. The number of H-pyrrole nitrogens is 1. The predicted molar refractivity (Wildman–Crippen MR) is 108 cm³/mol. The van der Waals surface area contributed by atoms with E-state index in [2.05, 4.69) is 47.6 Å². The van der Waals surface area contributed by atoms with Crippen molar-refractivity contribution in [3.8, 4) is 10.7 Å². The number of aryl methyl sites for hydroxylation is 3. The molecule has 3 aromatic rings. The van der Waals surface area contributed by atoms with E-state index in [1.165, 1.54) is 16.7 Å². The van der Waals surface area contributed by atoms with Gasteiger partial charge in [0.2, 0.25) is 5.91 Å². The number of benzene rings is 1. The molecule has 0 aliphatic rings. The molecular formula is C19H22N4OS2. The zero-order chi connectivity index (χ0) is 18.5. The summed E-state index contributed by atoms with van der Waals surface area (Å²) in [4.78, 5) is 13.3. The fourth-order valence-electron chi connectivity index (χ4n) is 2.89. The fraction of sp³-hybridized carbons (Fsp3) is 0.316. The second-order valence-electron chi connectivity index (χ2n) is 6.30. The van der Waals surface area contributed by atoms with E-state index < -0.39 is 0 Å². The highest BCUT2D eigenvalue weighted by Gasteiger charge is 2.12. The zero-order valence-electron chi connectivity index (χ0n) is 14.9. The Hall–Kier alpha value is -2.25. The number of amides is 1. The molecule has 0 bridgehead atoms. The van der Waals surface area contributed by atoms with Crippen LogP contribution in [0.3, 0.4) is 0 Å². The van der Waals surface area contributed by atoms with E-state index in [0.717, 1.165) is 17.7 Å². The van der Waals surface area contributed by atoms with Gasteiger partial charge in [-0.05, 0) is 61.5 Å². The maximum atomic E-state index is 12.3. The minimum atomic E-state index is -0.0547. The number of carbonyl (C=O) groups is 1. The van der Waals surface area contributed by atoms with E-state index in [1.54, 1.807) is 15.9 Å². The van der Waals surface area contributed by atoms with Crippen LogP contribution < -0.4 is 5.32 Å². The molecule has 0 aliphatic carbocycles. The minimum absolute atomic E-state index is 0.0547. The Morgan fingerprint density at radius 2 is 2.19 bits per heavy atom. The molecule has 136 valence electrons. The van der Waals surface area contributed by atoms with Gasteiger partial charge in [0.25, 0.3) is 0 Å². The van der Waals surface area contributed by atoms with E-state index >= 15 is 0 Å². The van der Waals surface area contributed by atoms with Gasteiger partial charge in [-0.2, -0.15) is 5.10 Å². The molecule has 1 aromatic carbocycles. The first kappa shape index (κ1) is 18.5. The summed E-state index contributed by atoms with van der Waals surface area (Å²) in [5, 5.41) is 12.0. The summed E-state index contributed by atoms with van der Waals surface area (Å²) in [6.07, 6.45) is 1.86. The van der Waals surface area contributed by atoms with E-state index in [9.17, 15) is 4.79 Å². The van der Waals surface area contributed by atoms with Gasteiger partial charge in [0.15, 0.2) is 10.6 Å². The summed E-state index contributed by atoms with van der Waals surface area (Å²) in [5.41, 5.74) is 3.92. The van der Waals surface area contributed by atoms with Crippen LogP contribution in [0.4, 0.5) is 0 Å². The maximum absolute atomic E-state index is 12.3. The summed E-state index contributed by atoms with van der Waals surface area (Å²) in [6.45, 7) is 5.05. The minimum Gasteiger partial charge on any atom is -0.355 e. The molecule has 5 nitrogen and oxygen atoms in total. The lowest BCUT2D eigenvalue weighted by molar-refractivity contribution is -0.121. The Bertz CT molecular complexity index is 941. The van der Waals surface area contributed by atoms with Crippen molar-refractivity contribution in [3.63, 3.8) is 0 Å². The molecule has 2 heterocycles. The van der Waals surface area contributed by atoms with Crippen molar-refractivity contribution in [2.45, 2.75) is 33.2 Å². The first-order chi connectivity index (χ1) is 12.5.